The molecule has 0 radical (unpaired) electrons. The normalized spacial score (nSPS) is 24.0. The highest BCUT2D eigenvalue weighted by atomic mass is 32.2. The zero-order valence-corrected chi connectivity index (χ0v) is 11.3. The van der Waals surface area contributed by atoms with E-state index in [1.165, 1.54) is 0 Å². The van der Waals surface area contributed by atoms with E-state index in [0.717, 1.165) is 12.8 Å². The minimum absolute atomic E-state index is 0.0984. The number of likely N-dealkylation sites (tertiary alicyclic amines) is 1. The van der Waals surface area contributed by atoms with Crippen LogP contribution in [0.5, 0.6) is 0 Å². The predicted octanol–water partition coefficient (Wildman–Crippen LogP) is 1.76. The standard InChI is InChI=1S/C11H21NO3S/c1-11(2,3)15-10(13)12-7-5-6-9(8-12)16(4)14/h9H,5-8H2,1-4H3. The summed E-state index contributed by atoms with van der Waals surface area (Å²) in [5, 5.41) is 0.0984. The lowest BCUT2D eigenvalue weighted by Gasteiger charge is -2.33. The van der Waals surface area contributed by atoms with Crippen molar-refractivity contribution in [2.45, 2.75) is 44.5 Å². The van der Waals surface area contributed by atoms with E-state index in [9.17, 15) is 9.00 Å². The Morgan fingerprint density at radius 3 is 2.56 bits per heavy atom. The van der Waals surface area contributed by atoms with Gasteiger partial charge in [-0.25, -0.2) is 4.79 Å². The number of hydrogen-bond donors (Lipinski definition) is 0. The van der Waals surface area contributed by atoms with E-state index in [1.54, 1.807) is 11.2 Å². The van der Waals surface area contributed by atoms with Crippen LogP contribution in [0, 0.1) is 0 Å². The predicted molar refractivity (Wildman–Crippen MR) is 64.9 cm³/mol. The van der Waals surface area contributed by atoms with Gasteiger partial charge in [0.2, 0.25) is 0 Å². The van der Waals surface area contributed by atoms with Gasteiger partial charge in [0, 0.05) is 30.1 Å². The lowest BCUT2D eigenvalue weighted by atomic mass is 10.1. The lowest BCUT2D eigenvalue weighted by Crippen LogP contribution is -2.45. The number of piperidine rings is 1. The summed E-state index contributed by atoms with van der Waals surface area (Å²) in [6, 6.07) is 0. The summed E-state index contributed by atoms with van der Waals surface area (Å²) in [7, 11) is -0.862. The number of rotatable bonds is 1. The van der Waals surface area contributed by atoms with E-state index < -0.39 is 16.4 Å². The van der Waals surface area contributed by atoms with Crippen LogP contribution in [0.3, 0.4) is 0 Å². The Hall–Kier alpha value is -0.580. The second-order valence-electron chi connectivity index (χ2n) is 5.19. The Labute approximate surface area is 99.8 Å². The SMILES string of the molecule is CS(=O)C1CCCN(C(=O)OC(C)(C)C)C1. The molecule has 0 bridgehead atoms. The third-order valence-corrected chi connectivity index (χ3v) is 3.82. The zero-order chi connectivity index (χ0) is 12.3. The van der Waals surface area contributed by atoms with Gasteiger partial charge in [-0.05, 0) is 33.6 Å². The van der Waals surface area contributed by atoms with Crippen LogP contribution < -0.4 is 0 Å². The summed E-state index contributed by atoms with van der Waals surface area (Å²) < 4.78 is 16.7. The number of ether oxygens (including phenoxy) is 1. The second kappa shape index (κ2) is 5.17. The maximum Gasteiger partial charge on any atom is 0.410 e. The fourth-order valence-corrected chi connectivity index (χ4v) is 2.59. The van der Waals surface area contributed by atoms with Crippen molar-refractivity contribution in [3.05, 3.63) is 0 Å². The van der Waals surface area contributed by atoms with Gasteiger partial charge in [0.05, 0.1) is 5.25 Å². The van der Waals surface area contributed by atoms with Gasteiger partial charge in [0.1, 0.15) is 5.60 Å². The van der Waals surface area contributed by atoms with E-state index in [4.69, 9.17) is 4.74 Å². The van der Waals surface area contributed by atoms with Crippen molar-refractivity contribution < 1.29 is 13.7 Å². The molecular formula is C11H21NO3S. The molecule has 1 heterocycles. The molecule has 0 aromatic carbocycles. The number of hydrogen-bond acceptors (Lipinski definition) is 3. The zero-order valence-electron chi connectivity index (χ0n) is 10.5. The van der Waals surface area contributed by atoms with Crippen molar-refractivity contribution in [3.8, 4) is 0 Å². The molecule has 0 aromatic heterocycles. The maximum atomic E-state index is 11.8. The third-order valence-electron chi connectivity index (χ3n) is 2.50. The fraction of sp³-hybridized carbons (Fsp3) is 0.909. The van der Waals surface area contributed by atoms with Crippen molar-refractivity contribution in [2.24, 2.45) is 0 Å². The highest BCUT2D eigenvalue weighted by molar-refractivity contribution is 7.84. The molecule has 1 aliphatic heterocycles. The molecule has 2 atom stereocenters. The molecule has 1 amide bonds. The molecule has 1 rings (SSSR count). The number of carbonyl (C=O) groups excluding carboxylic acids is 1. The quantitative estimate of drug-likeness (QED) is 0.709. The van der Waals surface area contributed by atoms with Gasteiger partial charge in [-0.3, -0.25) is 4.21 Å². The van der Waals surface area contributed by atoms with Gasteiger partial charge in [0.25, 0.3) is 0 Å². The molecule has 2 unspecified atom stereocenters. The fourth-order valence-electron chi connectivity index (χ4n) is 1.70. The van der Waals surface area contributed by atoms with Crippen LogP contribution in [0.25, 0.3) is 0 Å². The Bertz CT molecular complexity index is 285. The summed E-state index contributed by atoms with van der Waals surface area (Å²) in [5.74, 6) is 0. The van der Waals surface area contributed by atoms with E-state index in [2.05, 4.69) is 0 Å². The molecule has 1 saturated heterocycles. The molecule has 4 nitrogen and oxygen atoms in total. The molecule has 0 aromatic rings. The van der Waals surface area contributed by atoms with Crippen molar-refractivity contribution in [1.82, 2.24) is 4.90 Å². The van der Waals surface area contributed by atoms with E-state index in [0.29, 0.717) is 13.1 Å². The molecule has 0 saturated carbocycles. The monoisotopic (exact) mass is 247 g/mol. The summed E-state index contributed by atoms with van der Waals surface area (Å²) >= 11 is 0. The molecule has 5 heteroatoms. The third kappa shape index (κ3) is 4.12. The van der Waals surface area contributed by atoms with Gasteiger partial charge < -0.3 is 9.64 Å². The second-order valence-corrected chi connectivity index (χ2v) is 6.85. The average Bonchev–Trinajstić information content (AvgIpc) is 2.15. The van der Waals surface area contributed by atoms with Crippen LogP contribution in [0.2, 0.25) is 0 Å². The van der Waals surface area contributed by atoms with Crippen LogP contribution in [0.15, 0.2) is 0 Å². The first-order valence-electron chi connectivity index (χ1n) is 5.60. The summed E-state index contributed by atoms with van der Waals surface area (Å²) in [6.45, 7) is 6.82. The maximum absolute atomic E-state index is 11.8. The highest BCUT2D eigenvalue weighted by Crippen LogP contribution is 2.17. The van der Waals surface area contributed by atoms with Crippen LogP contribution in [-0.2, 0) is 15.5 Å². The largest absolute Gasteiger partial charge is 0.444 e. The first-order valence-corrected chi connectivity index (χ1v) is 7.22. The van der Waals surface area contributed by atoms with Crippen molar-refractivity contribution >= 4 is 16.9 Å². The van der Waals surface area contributed by atoms with E-state index >= 15 is 0 Å². The topological polar surface area (TPSA) is 46.6 Å². The number of amides is 1. The van der Waals surface area contributed by atoms with Gasteiger partial charge in [0.15, 0.2) is 0 Å². The summed E-state index contributed by atoms with van der Waals surface area (Å²) in [6.07, 6.45) is 3.25. The van der Waals surface area contributed by atoms with Crippen LogP contribution in [0.4, 0.5) is 4.79 Å². The average molecular weight is 247 g/mol. The molecule has 0 N–H and O–H groups in total. The molecule has 1 fully saturated rings. The molecule has 0 spiro atoms. The smallest absolute Gasteiger partial charge is 0.410 e. The Balaban J connectivity index is 2.54. The van der Waals surface area contributed by atoms with Crippen LogP contribution in [0.1, 0.15) is 33.6 Å². The van der Waals surface area contributed by atoms with E-state index in [-0.39, 0.29) is 11.3 Å². The molecule has 1 aliphatic rings. The van der Waals surface area contributed by atoms with Gasteiger partial charge in [-0.2, -0.15) is 0 Å². The van der Waals surface area contributed by atoms with Gasteiger partial charge in [-0.1, -0.05) is 0 Å². The molecular weight excluding hydrogens is 226 g/mol. The van der Waals surface area contributed by atoms with Crippen LogP contribution in [-0.4, -0.2) is 45.4 Å². The number of nitrogens with zero attached hydrogens (tertiary/aromatic N) is 1. The minimum atomic E-state index is -0.862. The lowest BCUT2D eigenvalue weighted by molar-refractivity contribution is 0.0220. The van der Waals surface area contributed by atoms with Crippen molar-refractivity contribution in [1.29, 1.82) is 0 Å². The first-order chi connectivity index (χ1) is 7.29. The molecule has 16 heavy (non-hydrogen) atoms. The molecule has 94 valence electrons. The Morgan fingerprint density at radius 1 is 1.44 bits per heavy atom. The first kappa shape index (κ1) is 13.5. The van der Waals surface area contributed by atoms with E-state index in [1.807, 2.05) is 20.8 Å². The van der Waals surface area contributed by atoms with Crippen molar-refractivity contribution in [2.75, 3.05) is 19.3 Å². The van der Waals surface area contributed by atoms with Crippen LogP contribution >= 0.6 is 0 Å². The summed E-state index contributed by atoms with van der Waals surface area (Å²) in [4.78, 5) is 13.5. The minimum Gasteiger partial charge on any atom is -0.444 e. The Kier molecular flexibility index (Phi) is 4.35. The van der Waals surface area contributed by atoms with Gasteiger partial charge in [-0.15, -0.1) is 0 Å². The summed E-state index contributed by atoms with van der Waals surface area (Å²) in [5.41, 5.74) is -0.463. The van der Waals surface area contributed by atoms with Gasteiger partial charge >= 0.3 is 6.09 Å². The number of carbonyl (C=O) groups is 1. The molecule has 0 aliphatic carbocycles. The highest BCUT2D eigenvalue weighted by Gasteiger charge is 2.28. The Morgan fingerprint density at radius 2 is 2.06 bits per heavy atom. The van der Waals surface area contributed by atoms with Crippen molar-refractivity contribution in [3.63, 3.8) is 0 Å².